The number of hydrogen-bond donors (Lipinski definition) is 2. The standard InChI is InChI=1S/C16H22N4O2/c1-2-9-19(11-12-21)16(22)17-13-14-6-3-4-7-15(14)20-10-5-8-18-20/h3-8,10,21H,2,9,11-13H2,1H3,(H,17,22). The molecule has 0 aliphatic rings. The minimum atomic E-state index is -0.161. The number of benzene rings is 1. The van der Waals surface area contributed by atoms with Crippen LogP contribution in [-0.4, -0.2) is 45.5 Å². The lowest BCUT2D eigenvalue weighted by molar-refractivity contribution is 0.177. The third-order valence-electron chi connectivity index (χ3n) is 3.32. The third-order valence-corrected chi connectivity index (χ3v) is 3.32. The minimum Gasteiger partial charge on any atom is -0.395 e. The Hall–Kier alpha value is -2.34. The molecule has 2 N–H and O–H groups in total. The number of hydrogen-bond acceptors (Lipinski definition) is 3. The quantitative estimate of drug-likeness (QED) is 0.819. The van der Waals surface area contributed by atoms with Crippen LogP contribution in [0.4, 0.5) is 4.79 Å². The van der Waals surface area contributed by atoms with E-state index >= 15 is 0 Å². The predicted molar refractivity (Wildman–Crippen MR) is 84.7 cm³/mol. The van der Waals surface area contributed by atoms with Crippen LogP contribution in [0.3, 0.4) is 0 Å². The number of aliphatic hydroxyl groups is 1. The molecule has 2 amide bonds. The van der Waals surface area contributed by atoms with Crippen LogP contribution in [0.2, 0.25) is 0 Å². The largest absolute Gasteiger partial charge is 0.395 e. The monoisotopic (exact) mass is 302 g/mol. The van der Waals surface area contributed by atoms with Gasteiger partial charge in [-0.15, -0.1) is 0 Å². The van der Waals surface area contributed by atoms with Crippen LogP contribution in [0.1, 0.15) is 18.9 Å². The number of carbonyl (C=O) groups excluding carboxylic acids is 1. The van der Waals surface area contributed by atoms with Gasteiger partial charge in [-0.05, 0) is 24.1 Å². The zero-order valence-electron chi connectivity index (χ0n) is 12.8. The van der Waals surface area contributed by atoms with E-state index in [0.29, 0.717) is 19.6 Å². The molecular weight excluding hydrogens is 280 g/mol. The molecular formula is C16H22N4O2. The molecule has 1 heterocycles. The van der Waals surface area contributed by atoms with Crippen LogP contribution in [0.25, 0.3) is 5.69 Å². The summed E-state index contributed by atoms with van der Waals surface area (Å²) in [6, 6.07) is 9.51. The molecule has 6 heteroatoms. The van der Waals surface area contributed by atoms with Crippen molar-refractivity contribution in [2.24, 2.45) is 0 Å². The van der Waals surface area contributed by atoms with Gasteiger partial charge in [0.2, 0.25) is 0 Å². The maximum atomic E-state index is 12.2. The van der Waals surface area contributed by atoms with Crippen LogP contribution >= 0.6 is 0 Å². The van der Waals surface area contributed by atoms with Crippen LogP contribution in [-0.2, 0) is 6.54 Å². The van der Waals surface area contributed by atoms with Crippen molar-refractivity contribution < 1.29 is 9.90 Å². The molecule has 0 spiro atoms. The summed E-state index contributed by atoms with van der Waals surface area (Å²) in [5, 5.41) is 16.2. The van der Waals surface area contributed by atoms with Gasteiger partial charge < -0.3 is 15.3 Å². The minimum absolute atomic E-state index is 0.0305. The summed E-state index contributed by atoms with van der Waals surface area (Å²) < 4.78 is 1.78. The number of urea groups is 1. The van der Waals surface area contributed by atoms with Gasteiger partial charge >= 0.3 is 6.03 Å². The van der Waals surface area contributed by atoms with Crippen molar-refractivity contribution in [3.8, 4) is 5.69 Å². The van der Waals surface area contributed by atoms with Gasteiger partial charge in [0.15, 0.2) is 0 Å². The summed E-state index contributed by atoms with van der Waals surface area (Å²) in [6.45, 7) is 3.37. The first-order valence-corrected chi connectivity index (χ1v) is 7.47. The Bertz CT molecular complexity index is 578. The fraction of sp³-hybridized carbons (Fsp3) is 0.375. The molecule has 2 aromatic rings. The van der Waals surface area contributed by atoms with Gasteiger partial charge in [0, 0.05) is 32.0 Å². The first-order chi connectivity index (χ1) is 10.8. The van der Waals surface area contributed by atoms with E-state index < -0.39 is 0 Å². The second kappa shape index (κ2) is 8.19. The molecule has 0 bridgehead atoms. The summed E-state index contributed by atoms with van der Waals surface area (Å²) >= 11 is 0. The molecule has 0 atom stereocenters. The first kappa shape index (κ1) is 16.0. The van der Waals surface area contributed by atoms with Gasteiger partial charge in [0.05, 0.1) is 12.3 Å². The highest BCUT2D eigenvalue weighted by Crippen LogP contribution is 2.13. The number of para-hydroxylation sites is 1. The Morgan fingerprint density at radius 3 is 2.82 bits per heavy atom. The highest BCUT2D eigenvalue weighted by molar-refractivity contribution is 5.74. The zero-order chi connectivity index (χ0) is 15.8. The summed E-state index contributed by atoms with van der Waals surface area (Å²) in [4.78, 5) is 13.8. The summed E-state index contributed by atoms with van der Waals surface area (Å²) in [7, 11) is 0. The van der Waals surface area contributed by atoms with E-state index in [9.17, 15) is 4.79 Å². The molecule has 0 aliphatic carbocycles. The van der Waals surface area contributed by atoms with Crippen molar-refractivity contribution >= 4 is 6.03 Å². The fourth-order valence-electron chi connectivity index (χ4n) is 2.28. The van der Waals surface area contributed by atoms with Gasteiger partial charge in [0.25, 0.3) is 0 Å². The van der Waals surface area contributed by atoms with Crippen molar-refractivity contribution in [1.29, 1.82) is 0 Å². The smallest absolute Gasteiger partial charge is 0.317 e. The molecule has 0 aliphatic heterocycles. The number of aliphatic hydroxyl groups excluding tert-OH is 1. The Morgan fingerprint density at radius 2 is 2.14 bits per heavy atom. The molecule has 1 aromatic heterocycles. The average Bonchev–Trinajstić information content (AvgIpc) is 3.07. The zero-order valence-corrected chi connectivity index (χ0v) is 12.8. The normalized spacial score (nSPS) is 10.5. The van der Waals surface area contributed by atoms with Crippen LogP contribution in [0.5, 0.6) is 0 Å². The van der Waals surface area contributed by atoms with E-state index in [1.807, 2.05) is 43.5 Å². The Balaban J connectivity index is 2.04. The Labute approximate surface area is 130 Å². The molecule has 6 nitrogen and oxygen atoms in total. The lowest BCUT2D eigenvalue weighted by Crippen LogP contribution is -2.41. The number of carbonyl (C=O) groups is 1. The number of nitrogens with one attached hydrogen (secondary N) is 1. The topological polar surface area (TPSA) is 70.4 Å². The van der Waals surface area contributed by atoms with Crippen LogP contribution < -0.4 is 5.32 Å². The van der Waals surface area contributed by atoms with Crippen molar-refractivity contribution in [1.82, 2.24) is 20.0 Å². The maximum Gasteiger partial charge on any atom is 0.317 e. The molecule has 22 heavy (non-hydrogen) atoms. The summed E-state index contributed by atoms with van der Waals surface area (Å²) in [6.07, 6.45) is 4.45. The van der Waals surface area contributed by atoms with Crippen molar-refractivity contribution in [2.45, 2.75) is 19.9 Å². The van der Waals surface area contributed by atoms with Gasteiger partial charge in [-0.2, -0.15) is 5.10 Å². The van der Waals surface area contributed by atoms with Gasteiger partial charge in [0.1, 0.15) is 0 Å². The van der Waals surface area contributed by atoms with Crippen molar-refractivity contribution in [3.05, 3.63) is 48.3 Å². The first-order valence-electron chi connectivity index (χ1n) is 7.47. The van der Waals surface area contributed by atoms with E-state index in [1.54, 1.807) is 15.8 Å². The molecule has 0 fully saturated rings. The molecule has 0 saturated heterocycles. The highest BCUT2D eigenvalue weighted by atomic mass is 16.3. The summed E-state index contributed by atoms with van der Waals surface area (Å²) in [5.74, 6) is 0. The second-order valence-electron chi connectivity index (χ2n) is 4.95. The average molecular weight is 302 g/mol. The Kier molecular flexibility index (Phi) is 5.97. The number of amides is 2. The Morgan fingerprint density at radius 1 is 1.32 bits per heavy atom. The molecule has 0 unspecified atom stereocenters. The van der Waals surface area contributed by atoms with Crippen LogP contribution in [0.15, 0.2) is 42.7 Å². The number of nitrogens with zero attached hydrogens (tertiary/aromatic N) is 3. The number of aromatic nitrogens is 2. The molecule has 0 radical (unpaired) electrons. The molecule has 118 valence electrons. The SMILES string of the molecule is CCCN(CCO)C(=O)NCc1ccccc1-n1cccn1. The van der Waals surface area contributed by atoms with E-state index in [0.717, 1.165) is 17.7 Å². The fourth-order valence-corrected chi connectivity index (χ4v) is 2.28. The molecule has 2 rings (SSSR count). The van der Waals surface area contributed by atoms with Crippen molar-refractivity contribution in [3.63, 3.8) is 0 Å². The van der Waals surface area contributed by atoms with E-state index in [1.165, 1.54) is 0 Å². The number of rotatable bonds is 7. The third kappa shape index (κ3) is 4.08. The maximum absolute atomic E-state index is 12.2. The van der Waals surface area contributed by atoms with E-state index in [-0.39, 0.29) is 12.6 Å². The van der Waals surface area contributed by atoms with Gasteiger partial charge in [-0.25, -0.2) is 9.48 Å². The van der Waals surface area contributed by atoms with Gasteiger partial charge in [-0.3, -0.25) is 0 Å². The molecule has 0 saturated carbocycles. The lowest BCUT2D eigenvalue weighted by Gasteiger charge is -2.22. The highest BCUT2D eigenvalue weighted by Gasteiger charge is 2.12. The van der Waals surface area contributed by atoms with Crippen molar-refractivity contribution in [2.75, 3.05) is 19.7 Å². The predicted octanol–water partition coefficient (Wildman–Crippen LogP) is 1.79. The van der Waals surface area contributed by atoms with Crippen LogP contribution in [0, 0.1) is 0 Å². The molecule has 1 aromatic carbocycles. The van der Waals surface area contributed by atoms with E-state index in [4.69, 9.17) is 5.11 Å². The van der Waals surface area contributed by atoms with E-state index in [2.05, 4.69) is 10.4 Å². The lowest BCUT2D eigenvalue weighted by atomic mass is 10.2. The summed E-state index contributed by atoms with van der Waals surface area (Å²) in [5.41, 5.74) is 1.93. The second-order valence-corrected chi connectivity index (χ2v) is 4.95. The van der Waals surface area contributed by atoms with Gasteiger partial charge in [-0.1, -0.05) is 25.1 Å².